The van der Waals surface area contributed by atoms with Gasteiger partial charge >= 0.3 is 0 Å². The number of halogens is 1. The lowest BCUT2D eigenvalue weighted by Gasteiger charge is -2.11. The number of hydrogen-bond donors (Lipinski definition) is 0. The summed E-state index contributed by atoms with van der Waals surface area (Å²) in [7, 11) is 1.65. The maximum Gasteiger partial charge on any atom is 0.246 e. The molecule has 1 aromatic heterocycles. The summed E-state index contributed by atoms with van der Waals surface area (Å²) >= 11 is 0. The van der Waals surface area contributed by atoms with Crippen LogP contribution in [0.3, 0.4) is 0 Å². The van der Waals surface area contributed by atoms with Gasteiger partial charge in [0.1, 0.15) is 5.82 Å². The Kier molecular flexibility index (Phi) is 5.22. The minimum absolute atomic E-state index is 0.200. The molecule has 132 valence electrons. The number of hydrogen-bond acceptors (Lipinski definition) is 4. The van der Waals surface area contributed by atoms with Gasteiger partial charge in [0, 0.05) is 18.7 Å². The number of carbonyl (C=O) groups excluding carboxylic acids is 1. The molecule has 0 saturated carbocycles. The molecule has 26 heavy (non-hydrogen) atoms. The van der Waals surface area contributed by atoms with Crippen LogP contribution in [0.2, 0.25) is 0 Å². The molecular formula is C20H18FN3O2. The first-order chi connectivity index (χ1) is 12.5. The van der Waals surface area contributed by atoms with Crippen molar-refractivity contribution in [1.82, 2.24) is 15.0 Å². The molecule has 0 unspecified atom stereocenters. The van der Waals surface area contributed by atoms with Crippen molar-refractivity contribution in [3.05, 3.63) is 77.4 Å². The van der Waals surface area contributed by atoms with Gasteiger partial charge in [-0.15, -0.1) is 0 Å². The smallest absolute Gasteiger partial charge is 0.246 e. The first-order valence-corrected chi connectivity index (χ1v) is 8.09. The van der Waals surface area contributed by atoms with Crippen molar-refractivity contribution in [2.75, 3.05) is 7.05 Å². The van der Waals surface area contributed by atoms with E-state index in [2.05, 4.69) is 10.1 Å². The zero-order chi connectivity index (χ0) is 18.5. The van der Waals surface area contributed by atoms with Crippen molar-refractivity contribution in [2.24, 2.45) is 0 Å². The third kappa shape index (κ3) is 4.42. The number of rotatable bonds is 5. The number of aryl methyl sites for hydroxylation is 1. The van der Waals surface area contributed by atoms with E-state index in [9.17, 15) is 9.18 Å². The van der Waals surface area contributed by atoms with E-state index in [1.165, 1.54) is 23.1 Å². The molecule has 0 spiro atoms. The van der Waals surface area contributed by atoms with E-state index in [-0.39, 0.29) is 18.3 Å². The van der Waals surface area contributed by atoms with Crippen molar-refractivity contribution in [1.29, 1.82) is 0 Å². The van der Waals surface area contributed by atoms with Crippen LogP contribution < -0.4 is 0 Å². The fourth-order valence-electron chi connectivity index (χ4n) is 2.29. The molecule has 0 bridgehead atoms. The van der Waals surface area contributed by atoms with Gasteiger partial charge < -0.3 is 9.42 Å². The average Bonchev–Trinajstić information content (AvgIpc) is 3.10. The second-order valence-electron chi connectivity index (χ2n) is 5.96. The molecule has 3 rings (SSSR count). The van der Waals surface area contributed by atoms with Crippen LogP contribution in [0, 0.1) is 12.7 Å². The molecule has 1 heterocycles. The van der Waals surface area contributed by atoms with E-state index in [1.54, 1.807) is 25.3 Å². The van der Waals surface area contributed by atoms with Gasteiger partial charge in [0.05, 0.1) is 6.54 Å². The quantitative estimate of drug-likeness (QED) is 0.655. The van der Waals surface area contributed by atoms with Crippen molar-refractivity contribution in [3.8, 4) is 11.4 Å². The zero-order valence-corrected chi connectivity index (χ0v) is 14.5. The van der Waals surface area contributed by atoms with Gasteiger partial charge in [-0.1, -0.05) is 47.1 Å². The van der Waals surface area contributed by atoms with Gasteiger partial charge in [0.2, 0.25) is 17.6 Å². The minimum Gasteiger partial charge on any atom is -0.337 e. The summed E-state index contributed by atoms with van der Waals surface area (Å²) in [5, 5.41) is 3.95. The van der Waals surface area contributed by atoms with Crippen molar-refractivity contribution in [2.45, 2.75) is 13.5 Å². The molecule has 0 aliphatic rings. The van der Waals surface area contributed by atoms with Crippen LogP contribution in [0.25, 0.3) is 17.5 Å². The monoisotopic (exact) mass is 351 g/mol. The van der Waals surface area contributed by atoms with Crippen molar-refractivity contribution < 1.29 is 13.7 Å². The zero-order valence-electron chi connectivity index (χ0n) is 14.5. The molecule has 0 N–H and O–H groups in total. The molecular weight excluding hydrogens is 333 g/mol. The van der Waals surface area contributed by atoms with Crippen LogP contribution in [-0.2, 0) is 11.3 Å². The normalized spacial score (nSPS) is 11.0. The van der Waals surface area contributed by atoms with Crippen LogP contribution in [0.1, 0.15) is 17.0 Å². The van der Waals surface area contributed by atoms with E-state index in [0.29, 0.717) is 11.7 Å². The Morgan fingerprint density at radius 2 is 1.85 bits per heavy atom. The summed E-state index contributed by atoms with van der Waals surface area (Å²) in [6.07, 6.45) is 3.05. The molecule has 3 aromatic rings. The first kappa shape index (κ1) is 17.5. The lowest BCUT2D eigenvalue weighted by atomic mass is 10.1. The Bertz CT molecular complexity index is 915. The number of nitrogens with zero attached hydrogens (tertiary/aromatic N) is 3. The molecule has 0 saturated heterocycles. The standard InChI is InChI=1S/C20H18FN3O2/c1-14-3-8-16(9-4-14)20-22-18(26-23-20)13-24(2)19(25)12-7-15-5-10-17(21)11-6-15/h3-12H,13H2,1-2H3/b12-7+. The van der Waals surface area contributed by atoms with Gasteiger partial charge in [-0.3, -0.25) is 4.79 Å². The third-order valence-corrected chi connectivity index (χ3v) is 3.81. The molecule has 0 atom stereocenters. The van der Waals surface area contributed by atoms with Crippen LogP contribution in [0.4, 0.5) is 4.39 Å². The van der Waals surface area contributed by atoms with Crippen LogP contribution in [-0.4, -0.2) is 28.0 Å². The van der Waals surface area contributed by atoms with Gasteiger partial charge in [-0.05, 0) is 30.7 Å². The summed E-state index contributed by atoms with van der Waals surface area (Å²) in [6, 6.07) is 13.7. The molecule has 2 aromatic carbocycles. The van der Waals surface area contributed by atoms with E-state index >= 15 is 0 Å². The fourth-order valence-corrected chi connectivity index (χ4v) is 2.29. The molecule has 1 amide bonds. The Morgan fingerprint density at radius 1 is 1.15 bits per heavy atom. The second kappa shape index (κ2) is 7.74. The topological polar surface area (TPSA) is 59.2 Å². The third-order valence-electron chi connectivity index (χ3n) is 3.81. The SMILES string of the molecule is Cc1ccc(-c2noc(CN(C)C(=O)/C=C/c3ccc(F)cc3)n2)cc1. The van der Waals surface area contributed by atoms with Crippen LogP contribution in [0.5, 0.6) is 0 Å². The van der Waals surface area contributed by atoms with Gasteiger partial charge in [-0.25, -0.2) is 4.39 Å². The Balaban J connectivity index is 1.62. The highest BCUT2D eigenvalue weighted by molar-refractivity contribution is 5.91. The Hall–Kier alpha value is -3.28. The second-order valence-corrected chi connectivity index (χ2v) is 5.96. The number of carbonyl (C=O) groups is 1. The summed E-state index contributed by atoms with van der Waals surface area (Å²) in [4.78, 5) is 18.0. The Labute approximate surface area is 150 Å². The van der Waals surface area contributed by atoms with Gasteiger partial charge in [-0.2, -0.15) is 4.98 Å². The van der Waals surface area contributed by atoms with Crippen molar-refractivity contribution >= 4 is 12.0 Å². The number of benzene rings is 2. The maximum atomic E-state index is 12.9. The largest absolute Gasteiger partial charge is 0.337 e. The van der Waals surface area contributed by atoms with E-state index in [0.717, 1.165) is 16.7 Å². The summed E-state index contributed by atoms with van der Waals surface area (Å²) < 4.78 is 18.1. The van der Waals surface area contributed by atoms with Crippen LogP contribution >= 0.6 is 0 Å². The van der Waals surface area contributed by atoms with Gasteiger partial charge in [0.15, 0.2) is 0 Å². The fraction of sp³-hybridized carbons (Fsp3) is 0.150. The molecule has 6 heteroatoms. The molecule has 0 aliphatic heterocycles. The summed E-state index contributed by atoms with van der Waals surface area (Å²) in [5.41, 5.74) is 2.75. The highest BCUT2D eigenvalue weighted by atomic mass is 19.1. The molecule has 0 radical (unpaired) electrons. The molecule has 0 fully saturated rings. The predicted molar refractivity (Wildman–Crippen MR) is 96.4 cm³/mol. The lowest BCUT2D eigenvalue weighted by Crippen LogP contribution is -2.24. The highest BCUT2D eigenvalue weighted by Crippen LogP contribution is 2.17. The van der Waals surface area contributed by atoms with Crippen molar-refractivity contribution in [3.63, 3.8) is 0 Å². The highest BCUT2D eigenvalue weighted by Gasteiger charge is 2.13. The summed E-state index contributed by atoms with van der Waals surface area (Å²) in [6.45, 7) is 2.21. The molecule has 0 aliphatic carbocycles. The van der Waals surface area contributed by atoms with Crippen LogP contribution in [0.15, 0.2) is 59.1 Å². The number of likely N-dealkylation sites (N-methyl/N-ethyl adjacent to an activating group) is 1. The van der Waals surface area contributed by atoms with E-state index in [1.807, 2.05) is 31.2 Å². The Morgan fingerprint density at radius 3 is 2.54 bits per heavy atom. The first-order valence-electron chi connectivity index (χ1n) is 8.09. The van der Waals surface area contributed by atoms with E-state index < -0.39 is 0 Å². The van der Waals surface area contributed by atoms with E-state index in [4.69, 9.17) is 4.52 Å². The molecule has 5 nitrogen and oxygen atoms in total. The summed E-state index contributed by atoms with van der Waals surface area (Å²) in [5.74, 6) is 0.310. The maximum absolute atomic E-state index is 12.9. The number of aromatic nitrogens is 2. The lowest BCUT2D eigenvalue weighted by molar-refractivity contribution is -0.125. The predicted octanol–water partition coefficient (Wildman–Crippen LogP) is 3.86. The minimum atomic E-state index is -0.314. The van der Waals surface area contributed by atoms with Gasteiger partial charge in [0.25, 0.3) is 0 Å². The average molecular weight is 351 g/mol. The number of amides is 1.